The van der Waals surface area contributed by atoms with Crippen LogP contribution in [-0.2, 0) is 6.54 Å². The molecule has 34 heavy (non-hydrogen) atoms. The Morgan fingerprint density at radius 3 is 2.71 bits per heavy atom. The van der Waals surface area contributed by atoms with Crippen LogP contribution in [0.4, 0.5) is 0 Å². The highest BCUT2D eigenvalue weighted by Crippen LogP contribution is 2.24. The van der Waals surface area contributed by atoms with Crippen molar-refractivity contribution in [1.29, 1.82) is 5.26 Å². The van der Waals surface area contributed by atoms with Gasteiger partial charge in [0, 0.05) is 50.0 Å². The van der Waals surface area contributed by atoms with E-state index in [0.29, 0.717) is 35.9 Å². The first-order valence-corrected chi connectivity index (χ1v) is 11.3. The van der Waals surface area contributed by atoms with Gasteiger partial charge in [0.05, 0.1) is 22.8 Å². The highest BCUT2D eigenvalue weighted by atomic mass is 35.5. The summed E-state index contributed by atoms with van der Waals surface area (Å²) in [5.41, 5.74) is 2.39. The smallest absolute Gasteiger partial charge is 0.274 e. The third-order valence-corrected chi connectivity index (χ3v) is 6.01. The van der Waals surface area contributed by atoms with Crippen LogP contribution in [0, 0.1) is 11.3 Å². The van der Waals surface area contributed by atoms with Crippen molar-refractivity contribution in [2.24, 2.45) is 0 Å². The molecule has 1 saturated heterocycles. The van der Waals surface area contributed by atoms with Crippen LogP contribution in [0.3, 0.4) is 0 Å². The molecule has 11 heteroatoms. The van der Waals surface area contributed by atoms with Crippen molar-refractivity contribution in [2.45, 2.75) is 19.5 Å². The van der Waals surface area contributed by atoms with Gasteiger partial charge in [-0.3, -0.25) is 19.4 Å². The molecule has 0 saturated carbocycles. The zero-order valence-electron chi connectivity index (χ0n) is 19.0. The predicted octanol–water partition coefficient (Wildman–Crippen LogP) is 2.00. The highest BCUT2D eigenvalue weighted by Gasteiger charge is 2.23. The third kappa shape index (κ3) is 5.27. The summed E-state index contributed by atoms with van der Waals surface area (Å²) in [6, 6.07) is 10.3. The van der Waals surface area contributed by atoms with Crippen molar-refractivity contribution in [2.75, 3.05) is 33.2 Å². The van der Waals surface area contributed by atoms with Gasteiger partial charge in [0.1, 0.15) is 11.8 Å². The molecule has 0 bridgehead atoms. The van der Waals surface area contributed by atoms with Crippen molar-refractivity contribution in [1.82, 2.24) is 35.1 Å². The van der Waals surface area contributed by atoms with Gasteiger partial charge in [0.25, 0.3) is 11.8 Å². The average molecular weight is 481 g/mol. The van der Waals surface area contributed by atoms with Crippen LogP contribution in [0.5, 0.6) is 0 Å². The summed E-state index contributed by atoms with van der Waals surface area (Å²) in [6.45, 7) is 5.22. The molecule has 1 aromatic carbocycles. The van der Waals surface area contributed by atoms with Gasteiger partial charge in [-0.25, -0.2) is 0 Å². The fraction of sp³-hybridized carbons (Fsp3) is 0.348. The Hall–Kier alpha value is -3.68. The number of piperazine rings is 1. The van der Waals surface area contributed by atoms with Crippen molar-refractivity contribution in [3.8, 4) is 17.3 Å². The standard InChI is InChI=1S/C23H25ClN8O2/c1-15(14-32-6-5-19(29-32)16-3-4-17(13-25)18(24)11-16)26-22(33)20-12-21(28-27-20)23(34)31-9-7-30(2)8-10-31/h3-6,11-12,15H,7-10,14H2,1-2H3,(H,26,33)(H,27,28). The van der Waals surface area contributed by atoms with Gasteiger partial charge >= 0.3 is 0 Å². The van der Waals surface area contributed by atoms with E-state index in [4.69, 9.17) is 16.9 Å². The van der Waals surface area contributed by atoms with Crippen LogP contribution in [0.1, 0.15) is 33.5 Å². The fourth-order valence-corrected chi connectivity index (χ4v) is 3.95. The van der Waals surface area contributed by atoms with E-state index < -0.39 is 0 Å². The zero-order chi connectivity index (χ0) is 24.2. The lowest BCUT2D eigenvalue weighted by molar-refractivity contribution is 0.0658. The number of nitrogens with zero attached hydrogens (tertiary/aromatic N) is 6. The largest absolute Gasteiger partial charge is 0.346 e. The highest BCUT2D eigenvalue weighted by molar-refractivity contribution is 6.32. The number of likely N-dealkylation sites (N-methyl/N-ethyl adjacent to an activating group) is 1. The number of carbonyl (C=O) groups excluding carboxylic acids is 2. The van der Waals surface area contributed by atoms with Crippen LogP contribution >= 0.6 is 11.6 Å². The van der Waals surface area contributed by atoms with E-state index in [0.717, 1.165) is 18.7 Å². The summed E-state index contributed by atoms with van der Waals surface area (Å²) in [7, 11) is 2.02. The Balaban J connectivity index is 1.34. The Kier molecular flexibility index (Phi) is 6.95. The molecule has 10 nitrogen and oxygen atoms in total. The maximum absolute atomic E-state index is 12.6. The summed E-state index contributed by atoms with van der Waals surface area (Å²) in [5.74, 6) is -0.521. The van der Waals surface area contributed by atoms with Gasteiger partial charge in [0.2, 0.25) is 0 Å². The maximum atomic E-state index is 12.6. The number of aromatic nitrogens is 4. The topological polar surface area (TPSA) is 123 Å². The van der Waals surface area contributed by atoms with Crippen molar-refractivity contribution in [3.05, 3.63) is 58.5 Å². The number of halogens is 1. The zero-order valence-corrected chi connectivity index (χ0v) is 19.7. The molecule has 1 unspecified atom stereocenters. The lowest BCUT2D eigenvalue weighted by Crippen LogP contribution is -2.47. The maximum Gasteiger partial charge on any atom is 0.274 e. The van der Waals surface area contributed by atoms with E-state index in [1.165, 1.54) is 6.07 Å². The van der Waals surface area contributed by atoms with Gasteiger partial charge in [-0.15, -0.1) is 0 Å². The summed E-state index contributed by atoms with van der Waals surface area (Å²) in [4.78, 5) is 29.2. The van der Waals surface area contributed by atoms with Crippen LogP contribution in [-0.4, -0.2) is 80.9 Å². The lowest BCUT2D eigenvalue weighted by atomic mass is 10.1. The summed E-state index contributed by atoms with van der Waals surface area (Å²) in [6.07, 6.45) is 1.81. The molecule has 176 valence electrons. The van der Waals surface area contributed by atoms with E-state index in [9.17, 15) is 9.59 Å². The number of rotatable bonds is 6. The second kappa shape index (κ2) is 10.1. The summed E-state index contributed by atoms with van der Waals surface area (Å²) >= 11 is 6.12. The minimum Gasteiger partial charge on any atom is -0.346 e. The number of benzene rings is 1. The lowest BCUT2D eigenvalue weighted by Gasteiger charge is -2.31. The number of H-pyrrole nitrogens is 1. The van der Waals surface area contributed by atoms with Crippen LogP contribution in [0.2, 0.25) is 5.02 Å². The SMILES string of the molecule is CC(Cn1ccc(-c2ccc(C#N)c(Cl)c2)n1)NC(=O)c1cc(C(=O)N2CCN(C)CC2)n[nH]1. The molecule has 2 amide bonds. The molecule has 1 fully saturated rings. The number of nitriles is 1. The normalized spacial score (nSPS) is 15.1. The van der Waals surface area contributed by atoms with Gasteiger partial charge in [-0.05, 0) is 32.2 Å². The van der Waals surface area contributed by atoms with E-state index in [1.807, 2.05) is 32.3 Å². The second-order valence-corrected chi connectivity index (χ2v) is 8.77. The number of carbonyl (C=O) groups is 2. The molecule has 1 atom stereocenters. The number of aromatic amines is 1. The fourth-order valence-electron chi connectivity index (χ4n) is 3.73. The Morgan fingerprint density at radius 1 is 1.24 bits per heavy atom. The molecule has 2 N–H and O–H groups in total. The van der Waals surface area contributed by atoms with Gasteiger partial charge in [-0.2, -0.15) is 15.5 Å². The first-order chi connectivity index (χ1) is 16.3. The quantitative estimate of drug-likeness (QED) is 0.556. The first-order valence-electron chi connectivity index (χ1n) is 10.9. The van der Waals surface area contributed by atoms with Crippen molar-refractivity contribution in [3.63, 3.8) is 0 Å². The third-order valence-electron chi connectivity index (χ3n) is 5.70. The van der Waals surface area contributed by atoms with Crippen molar-refractivity contribution < 1.29 is 9.59 Å². The Labute approximate surface area is 202 Å². The monoisotopic (exact) mass is 480 g/mol. The minimum absolute atomic E-state index is 0.177. The predicted molar refractivity (Wildman–Crippen MR) is 126 cm³/mol. The molecule has 3 aromatic rings. The minimum atomic E-state index is -0.344. The van der Waals surface area contributed by atoms with E-state index in [2.05, 4.69) is 25.5 Å². The van der Waals surface area contributed by atoms with E-state index >= 15 is 0 Å². The molecular formula is C23H25ClN8O2. The number of hydrogen-bond donors (Lipinski definition) is 2. The Bertz CT molecular complexity index is 1240. The number of hydrogen-bond acceptors (Lipinski definition) is 6. The molecule has 0 spiro atoms. The molecule has 1 aliphatic rings. The van der Waals surface area contributed by atoms with E-state index in [-0.39, 0.29) is 29.2 Å². The molecule has 3 heterocycles. The molecule has 2 aromatic heterocycles. The molecule has 0 aliphatic carbocycles. The second-order valence-electron chi connectivity index (χ2n) is 8.37. The van der Waals surface area contributed by atoms with E-state index in [1.54, 1.807) is 27.8 Å². The first kappa shape index (κ1) is 23.5. The average Bonchev–Trinajstić information content (AvgIpc) is 3.49. The number of amides is 2. The van der Waals surface area contributed by atoms with Gasteiger partial charge in [0.15, 0.2) is 5.69 Å². The summed E-state index contributed by atoms with van der Waals surface area (Å²) in [5, 5.41) is 23.5. The molecular weight excluding hydrogens is 456 g/mol. The molecule has 0 radical (unpaired) electrons. The van der Waals surface area contributed by atoms with Crippen LogP contribution in [0.25, 0.3) is 11.3 Å². The van der Waals surface area contributed by atoms with Crippen molar-refractivity contribution >= 4 is 23.4 Å². The molecule has 4 rings (SSSR count). The summed E-state index contributed by atoms with van der Waals surface area (Å²) < 4.78 is 1.72. The van der Waals surface area contributed by atoms with Gasteiger partial charge < -0.3 is 15.1 Å². The van der Waals surface area contributed by atoms with Crippen LogP contribution < -0.4 is 5.32 Å². The molecule has 1 aliphatic heterocycles. The van der Waals surface area contributed by atoms with Gasteiger partial charge in [-0.1, -0.05) is 17.7 Å². The van der Waals surface area contributed by atoms with Crippen LogP contribution in [0.15, 0.2) is 36.5 Å². The number of nitrogens with one attached hydrogen (secondary N) is 2. The Morgan fingerprint density at radius 2 is 2.00 bits per heavy atom.